The average molecular weight is 295 g/mol. The Kier molecular flexibility index (Phi) is 4.56. The number of hydrogen-bond acceptors (Lipinski definition) is 4. The van der Waals surface area contributed by atoms with Crippen LogP contribution in [0.2, 0.25) is 5.02 Å². The summed E-state index contributed by atoms with van der Waals surface area (Å²) in [6.07, 6.45) is 1.66. The summed E-state index contributed by atoms with van der Waals surface area (Å²) in [6.45, 7) is 2.72. The van der Waals surface area contributed by atoms with Crippen LogP contribution in [0.4, 0.5) is 5.13 Å². The minimum absolute atomic E-state index is 0.718. The minimum Gasteiger partial charge on any atom is -0.347 e. The Hall–Kier alpha value is -1.39. The van der Waals surface area contributed by atoms with Gasteiger partial charge in [-0.25, -0.2) is 4.98 Å². The zero-order valence-electron chi connectivity index (χ0n) is 10.9. The lowest BCUT2D eigenvalue weighted by atomic mass is 10.2. The van der Waals surface area contributed by atoms with Crippen molar-refractivity contribution in [3.05, 3.63) is 45.4 Å². The highest BCUT2D eigenvalue weighted by atomic mass is 35.5. The number of thiazole rings is 1. The third-order valence-corrected chi connectivity index (χ3v) is 4.17. The number of halogens is 1. The Balaban J connectivity index is 2.17. The lowest BCUT2D eigenvalue weighted by Gasteiger charge is -2.15. The molecule has 1 aromatic carbocycles. The number of aryl methyl sites for hydroxylation is 1. The van der Waals surface area contributed by atoms with Crippen LogP contribution in [0, 0.1) is 0 Å². The number of rotatable bonds is 5. The van der Waals surface area contributed by atoms with E-state index in [1.165, 1.54) is 11.3 Å². The van der Waals surface area contributed by atoms with E-state index in [0.717, 1.165) is 45.5 Å². The SMILES string of the molecule is CCc1nc(N(C)Cc2cccc(Cl)c2)sc1C=O. The van der Waals surface area contributed by atoms with Crippen molar-refractivity contribution in [1.29, 1.82) is 0 Å². The first-order valence-electron chi connectivity index (χ1n) is 6.04. The Morgan fingerprint density at radius 1 is 1.47 bits per heavy atom. The Labute approximate surface area is 121 Å². The maximum Gasteiger partial charge on any atom is 0.186 e. The van der Waals surface area contributed by atoms with Crippen LogP contribution in [0.1, 0.15) is 27.9 Å². The standard InChI is InChI=1S/C14H15ClN2OS/c1-3-12-13(9-18)19-14(16-12)17(2)8-10-5-4-6-11(15)7-10/h4-7,9H,3,8H2,1-2H3. The van der Waals surface area contributed by atoms with E-state index in [1.807, 2.05) is 43.1 Å². The predicted octanol–water partition coefficient (Wildman–Crippen LogP) is 3.81. The Morgan fingerprint density at radius 2 is 2.26 bits per heavy atom. The van der Waals surface area contributed by atoms with Gasteiger partial charge in [0.25, 0.3) is 0 Å². The molecule has 5 heteroatoms. The first-order chi connectivity index (χ1) is 9.13. The van der Waals surface area contributed by atoms with Gasteiger partial charge >= 0.3 is 0 Å². The van der Waals surface area contributed by atoms with Crippen LogP contribution in [0.3, 0.4) is 0 Å². The highest BCUT2D eigenvalue weighted by Crippen LogP contribution is 2.26. The fourth-order valence-electron chi connectivity index (χ4n) is 1.84. The smallest absolute Gasteiger partial charge is 0.186 e. The molecule has 0 saturated heterocycles. The van der Waals surface area contributed by atoms with Gasteiger partial charge in [0.2, 0.25) is 0 Å². The van der Waals surface area contributed by atoms with Gasteiger partial charge in [-0.1, -0.05) is 42.0 Å². The fraction of sp³-hybridized carbons (Fsp3) is 0.286. The summed E-state index contributed by atoms with van der Waals surface area (Å²) in [5, 5.41) is 1.59. The van der Waals surface area contributed by atoms with E-state index in [1.54, 1.807) is 0 Å². The van der Waals surface area contributed by atoms with Crippen molar-refractivity contribution in [2.45, 2.75) is 19.9 Å². The maximum absolute atomic E-state index is 11.0. The van der Waals surface area contributed by atoms with E-state index in [4.69, 9.17) is 11.6 Å². The molecule has 0 aliphatic carbocycles. The fourth-order valence-corrected chi connectivity index (χ4v) is 2.98. The van der Waals surface area contributed by atoms with Crippen molar-refractivity contribution < 1.29 is 4.79 Å². The zero-order valence-corrected chi connectivity index (χ0v) is 12.5. The molecule has 1 heterocycles. The maximum atomic E-state index is 11.0. The molecule has 0 N–H and O–H groups in total. The highest BCUT2D eigenvalue weighted by molar-refractivity contribution is 7.17. The minimum atomic E-state index is 0.718. The summed E-state index contributed by atoms with van der Waals surface area (Å²) < 4.78 is 0. The number of carbonyl (C=O) groups is 1. The molecule has 0 amide bonds. The van der Waals surface area contributed by atoms with Crippen LogP contribution in [-0.4, -0.2) is 18.3 Å². The van der Waals surface area contributed by atoms with Gasteiger partial charge in [0, 0.05) is 18.6 Å². The lowest BCUT2D eigenvalue weighted by molar-refractivity contribution is 0.112. The molecule has 0 unspecified atom stereocenters. The zero-order chi connectivity index (χ0) is 13.8. The monoisotopic (exact) mass is 294 g/mol. The molecule has 0 atom stereocenters. The average Bonchev–Trinajstić information content (AvgIpc) is 2.82. The van der Waals surface area contributed by atoms with Crippen LogP contribution in [0.5, 0.6) is 0 Å². The van der Waals surface area contributed by atoms with E-state index in [2.05, 4.69) is 4.98 Å². The highest BCUT2D eigenvalue weighted by Gasteiger charge is 2.12. The predicted molar refractivity (Wildman–Crippen MR) is 80.4 cm³/mol. The molecule has 0 saturated carbocycles. The summed E-state index contributed by atoms with van der Waals surface area (Å²) in [6, 6.07) is 7.75. The van der Waals surface area contributed by atoms with Crippen LogP contribution in [-0.2, 0) is 13.0 Å². The third kappa shape index (κ3) is 3.33. The molecule has 2 rings (SSSR count). The van der Waals surface area contributed by atoms with Gasteiger partial charge in [-0.3, -0.25) is 4.79 Å². The van der Waals surface area contributed by atoms with Gasteiger partial charge in [-0.15, -0.1) is 0 Å². The van der Waals surface area contributed by atoms with Crippen molar-refractivity contribution >= 4 is 34.4 Å². The second-order valence-corrected chi connectivity index (χ2v) is 5.71. The quantitative estimate of drug-likeness (QED) is 0.786. The molecule has 2 aromatic rings. The van der Waals surface area contributed by atoms with Crippen LogP contribution in [0.15, 0.2) is 24.3 Å². The molecular formula is C14H15ClN2OS. The van der Waals surface area contributed by atoms with Crippen molar-refractivity contribution in [2.24, 2.45) is 0 Å². The topological polar surface area (TPSA) is 33.2 Å². The second kappa shape index (κ2) is 6.17. The van der Waals surface area contributed by atoms with E-state index in [9.17, 15) is 4.79 Å². The summed E-state index contributed by atoms with van der Waals surface area (Å²) in [7, 11) is 1.97. The molecule has 0 aliphatic heterocycles. The summed E-state index contributed by atoms with van der Waals surface area (Å²) in [5.41, 5.74) is 1.99. The largest absolute Gasteiger partial charge is 0.347 e. The van der Waals surface area contributed by atoms with Gasteiger partial charge < -0.3 is 4.90 Å². The number of nitrogens with zero attached hydrogens (tertiary/aromatic N) is 2. The lowest BCUT2D eigenvalue weighted by Crippen LogP contribution is -2.16. The van der Waals surface area contributed by atoms with E-state index >= 15 is 0 Å². The molecule has 3 nitrogen and oxygen atoms in total. The van der Waals surface area contributed by atoms with Gasteiger partial charge in [-0.2, -0.15) is 0 Å². The number of anilines is 1. The van der Waals surface area contributed by atoms with Crippen molar-refractivity contribution in [2.75, 3.05) is 11.9 Å². The van der Waals surface area contributed by atoms with Gasteiger partial charge in [0.15, 0.2) is 11.4 Å². The normalized spacial score (nSPS) is 10.5. The number of hydrogen-bond donors (Lipinski definition) is 0. The molecule has 0 aliphatic rings. The van der Waals surface area contributed by atoms with E-state index < -0.39 is 0 Å². The van der Waals surface area contributed by atoms with Crippen LogP contribution in [0.25, 0.3) is 0 Å². The number of aldehydes is 1. The Morgan fingerprint density at radius 3 is 2.84 bits per heavy atom. The number of aromatic nitrogens is 1. The van der Waals surface area contributed by atoms with Gasteiger partial charge in [0.05, 0.1) is 10.6 Å². The van der Waals surface area contributed by atoms with Gasteiger partial charge in [0.1, 0.15) is 0 Å². The van der Waals surface area contributed by atoms with E-state index in [0.29, 0.717) is 0 Å². The van der Waals surface area contributed by atoms with Crippen LogP contribution < -0.4 is 4.90 Å². The molecule has 0 spiro atoms. The van der Waals surface area contributed by atoms with Crippen molar-refractivity contribution in [3.63, 3.8) is 0 Å². The number of benzene rings is 1. The van der Waals surface area contributed by atoms with E-state index in [-0.39, 0.29) is 0 Å². The van der Waals surface area contributed by atoms with Crippen molar-refractivity contribution in [3.8, 4) is 0 Å². The second-order valence-electron chi connectivity index (χ2n) is 4.26. The molecule has 0 fully saturated rings. The third-order valence-electron chi connectivity index (χ3n) is 2.79. The Bertz CT molecular complexity index is 583. The van der Waals surface area contributed by atoms with Crippen molar-refractivity contribution in [1.82, 2.24) is 4.98 Å². The summed E-state index contributed by atoms with van der Waals surface area (Å²) in [5.74, 6) is 0. The van der Waals surface area contributed by atoms with Crippen LogP contribution >= 0.6 is 22.9 Å². The first kappa shape index (κ1) is 14.0. The summed E-state index contributed by atoms with van der Waals surface area (Å²) in [4.78, 5) is 18.2. The summed E-state index contributed by atoms with van der Waals surface area (Å²) >= 11 is 7.40. The first-order valence-corrected chi connectivity index (χ1v) is 7.24. The van der Waals surface area contributed by atoms with Gasteiger partial charge in [-0.05, 0) is 24.1 Å². The molecule has 0 bridgehead atoms. The molecule has 0 radical (unpaired) electrons. The number of carbonyl (C=O) groups excluding carboxylic acids is 1. The molecular weight excluding hydrogens is 280 g/mol. The molecule has 1 aromatic heterocycles. The molecule has 100 valence electrons. The molecule has 19 heavy (non-hydrogen) atoms.